The van der Waals surface area contributed by atoms with E-state index in [0.717, 1.165) is 42.9 Å². The van der Waals surface area contributed by atoms with Gasteiger partial charge in [0.25, 0.3) is 0 Å². The van der Waals surface area contributed by atoms with Gasteiger partial charge in [-0.3, -0.25) is 14.5 Å². The van der Waals surface area contributed by atoms with E-state index in [9.17, 15) is 0 Å². The van der Waals surface area contributed by atoms with Crippen LogP contribution in [-0.4, -0.2) is 56.3 Å². The summed E-state index contributed by atoms with van der Waals surface area (Å²) in [6, 6.07) is 0. The highest BCUT2D eigenvalue weighted by Crippen LogP contribution is 2.23. The monoisotopic (exact) mass is 373 g/mol. The highest BCUT2D eigenvalue weighted by atomic mass is 79.9. The normalized spacial score (nSPS) is 18.1. The van der Waals surface area contributed by atoms with Crippen LogP contribution in [0.4, 0.5) is 0 Å². The molecule has 7 heteroatoms. The van der Waals surface area contributed by atoms with Gasteiger partial charge in [0.15, 0.2) is 0 Å². The summed E-state index contributed by atoms with van der Waals surface area (Å²) in [5, 5.41) is 4.45. The largest absolute Gasteiger partial charge is 0.392 e. The van der Waals surface area contributed by atoms with Crippen LogP contribution in [-0.2, 0) is 13.6 Å². The number of hydrogen-bond donors (Lipinski definition) is 1. The minimum absolute atomic E-state index is 0.203. The van der Waals surface area contributed by atoms with Crippen LogP contribution in [0.2, 0.25) is 0 Å². The zero-order valence-corrected chi connectivity index (χ0v) is 15.6. The third kappa shape index (κ3) is 3.47. The van der Waals surface area contributed by atoms with Crippen molar-refractivity contribution >= 4 is 33.1 Å². The Hall–Kier alpha value is -0.500. The molecule has 1 aliphatic heterocycles. The maximum atomic E-state index is 5.86. The third-order valence-electron chi connectivity index (χ3n) is 4.40. The minimum Gasteiger partial charge on any atom is -0.392 e. The van der Waals surface area contributed by atoms with Crippen molar-refractivity contribution in [2.75, 3.05) is 26.2 Å². The number of hydrogen-bond acceptors (Lipinski definition) is 4. The molecule has 5 nitrogen and oxygen atoms in total. The Balaban J connectivity index is 1.97. The number of aromatic nitrogens is 2. The van der Waals surface area contributed by atoms with Crippen molar-refractivity contribution in [2.45, 2.75) is 32.9 Å². The predicted molar refractivity (Wildman–Crippen MR) is 93.4 cm³/mol. The molecule has 0 aliphatic carbocycles. The molecule has 2 N–H and O–H groups in total. The van der Waals surface area contributed by atoms with Gasteiger partial charge in [-0.25, -0.2) is 0 Å². The molecular formula is C14H24BrN5S. The summed E-state index contributed by atoms with van der Waals surface area (Å²) < 4.78 is 3.08. The lowest BCUT2D eigenvalue weighted by atomic mass is 10.0. The molecule has 0 spiro atoms. The molecule has 2 rings (SSSR count). The van der Waals surface area contributed by atoms with Crippen molar-refractivity contribution in [3.8, 4) is 0 Å². The van der Waals surface area contributed by atoms with Gasteiger partial charge in [0.2, 0.25) is 0 Å². The van der Waals surface area contributed by atoms with E-state index in [-0.39, 0.29) is 5.54 Å². The highest BCUT2D eigenvalue weighted by Gasteiger charge is 2.32. The second-order valence-electron chi connectivity index (χ2n) is 6.16. The van der Waals surface area contributed by atoms with Crippen LogP contribution in [0.5, 0.6) is 0 Å². The van der Waals surface area contributed by atoms with Crippen LogP contribution in [0.1, 0.15) is 25.2 Å². The maximum Gasteiger partial charge on any atom is 0.0928 e. The van der Waals surface area contributed by atoms with Gasteiger partial charge in [0.05, 0.1) is 26.4 Å². The molecule has 0 aromatic carbocycles. The summed E-state index contributed by atoms with van der Waals surface area (Å²) >= 11 is 8.82. The topological polar surface area (TPSA) is 50.3 Å². The zero-order valence-electron chi connectivity index (χ0n) is 13.2. The number of halogens is 1. The lowest BCUT2D eigenvalue weighted by Crippen LogP contribution is -2.59. The molecule has 0 saturated carbocycles. The Labute approximate surface area is 140 Å². The van der Waals surface area contributed by atoms with Gasteiger partial charge in [-0.15, -0.1) is 0 Å². The molecule has 1 aromatic heterocycles. The molecule has 0 atom stereocenters. The first kappa shape index (κ1) is 16.9. The highest BCUT2D eigenvalue weighted by molar-refractivity contribution is 9.10. The number of piperazine rings is 1. The second kappa shape index (κ2) is 6.32. The van der Waals surface area contributed by atoms with Gasteiger partial charge in [0, 0.05) is 39.8 Å². The van der Waals surface area contributed by atoms with Crippen LogP contribution < -0.4 is 5.73 Å². The fourth-order valence-corrected chi connectivity index (χ4v) is 3.27. The maximum absolute atomic E-state index is 5.86. The molecule has 1 saturated heterocycles. The van der Waals surface area contributed by atoms with E-state index in [2.05, 4.69) is 44.7 Å². The molecule has 0 amide bonds. The number of aryl methyl sites for hydroxylation is 2. The first-order valence-electron chi connectivity index (χ1n) is 7.18. The predicted octanol–water partition coefficient (Wildman–Crippen LogP) is 1.67. The van der Waals surface area contributed by atoms with Crippen LogP contribution >= 0.6 is 28.1 Å². The van der Waals surface area contributed by atoms with E-state index in [4.69, 9.17) is 18.0 Å². The van der Waals surface area contributed by atoms with Crippen molar-refractivity contribution < 1.29 is 0 Å². The number of nitrogens with two attached hydrogens (primary N) is 1. The second-order valence-corrected chi connectivity index (χ2v) is 7.39. The fraction of sp³-hybridized carbons (Fsp3) is 0.714. The smallest absolute Gasteiger partial charge is 0.0928 e. The Morgan fingerprint density at radius 2 is 1.90 bits per heavy atom. The molecule has 118 valence electrons. The number of thiocarbonyl (C=S) groups is 1. The fourth-order valence-electron chi connectivity index (χ4n) is 2.68. The molecule has 1 fully saturated rings. The summed E-state index contributed by atoms with van der Waals surface area (Å²) in [5.74, 6) is 0. The summed E-state index contributed by atoms with van der Waals surface area (Å²) in [7, 11) is 2.00. The van der Waals surface area contributed by atoms with E-state index < -0.39 is 0 Å². The van der Waals surface area contributed by atoms with E-state index in [1.54, 1.807) is 0 Å². The summed E-state index contributed by atoms with van der Waals surface area (Å²) in [6.45, 7) is 11.1. The van der Waals surface area contributed by atoms with Gasteiger partial charge in [0.1, 0.15) is 0 Å². The average molecular weight is 374 g/mol. The van der Waals surface area contributed by atoms with E-state index >= 15 is 0 Å². The lowest BCUT2D eigenvalue weighted by Gasteiger charge is -2.43. The molecule has 2 heterocycles. The average Bonchev–Trinajstić information content (AvgIpc) is 2.66. The van der Waals surface area contributed by atoms with Gasteiger partial charge in [-0.1, -0.05) is 12.2 Å². The van der Waals surface area contributed by atoms with Crippen LogP contribution in [0.15, 0.2) is 4.47 Å². The Morgan fingerprint density at radius 3 is 2.33 bits per heavy atom. The number of rotatable bonds is 4. The third-order valence-corrected chi connectivity index (χ3v) is 5.93. The van der Waals surface area contributed by atoms with Gasteiger partial charge >= 0.3 is 0 Å². The molecule has 1 aliphatic rings. The van der Waals surface area contributed by atoms with Crippen molar-refractivity contribution in [3.05, 3.63) is 15.9 Å². The lowest BCUT2D eigenvalue weighted by molar-refractivity contribution is 0.0807. The zero-order chi connectivity index (χ0) is 15.8. The van der Waals surface area contributed by atoms with E-state index in [0.29, 0.717) is 4.99 Å². The van der Waals surface area contributed by atoms with Gasteiger partial charge in [-0.2, -0.15) is 5.10 Å². The SMILES string of the molecule is Cc1nn(C)c(CN2CCN(C(C)(C)C(N)=S)CC2)c1Br. The first-order valence-corrected chi connectivity index (χ1v) is 8.39. The van der Waals surface area contributed by atoms with Gasteiger partial charge in [-0.05, 0) is 36.7 Å². The van der Waals surface area contributed by atoms with Crippen LogP contribution in [0, 0.1) is 6.92 Å². The standard InChI is InChI=1S/C14H24BrN5S/c1-10-12(15)11(18(4)17-10)9-19-5-7-20(8-6-19)14(2,3)13(16)21/h5-9H2,1-4H3,(H2,16,21). The molecule has 0 radical (unpaired) electrons. The van der Waals surface area contributed by atoms with E-state index in [1.165, 1.54) is 5.69 Å². The van der Waals surface area contributed by atoms with Crippen LogP contribution in [0.3, 0.4) is 0 Å². The quantitative estimate of drug-likeness (QED) is 0.813. The Kier molecular flexibility index (Phi) is 5.07. The summed E-state index contributed by atoms with van der Waals surface area (Å²) in [6.07, 6.45) is 0. The van der Waals surface area contributed by atoms with Crippen molar-refractivity contribution in [1.29, 1.82) is 0 Å². The Bertz CT molecular complexity index is 532. The molecular weight excluding hydrogens is 350 g/mol. The first-order chi connectivity index (χ1) is 9.73. The Morgan fingerprint density at radius 1 is 1.33 bits per heavy atom. The summed E-state index contributed by atoms with van der Waals surface area (Å²) in [4.78, 5) is 5.39. The minimum atomic E-state index is -0.203. The molecule has 1 aromatic rings. The molecule has 0 unspecified atom stereocenters. The van der Waals surface area contributed by atoms with E-state index in [1.807, 2.05) is 18.7 Å². The molecule has 21 heavy (non-hydrogen) atoms. The van der Waals surface area contributed by atoms with Crippen molar-refractivity contribution in [3.63, 3.8) is 0 Å². The molecule has 0 bridgehead atoms. The number of nitrogens with zero attached hydrogens (tertiary/aromatic N) is 4. The van der Waals surface area contributed by atoms with Crippen molar-refractivity contribution in [1.82, 2.24) is 19.6 Å². The van der Waals surface area contributed by atoms with Crippen LogP contribution in [0.25, 0.3) is 0 Å². The van der Waals surface area contributed by atoms with Gasteiger partial charge < -0.3 is 5.73 Å². The summed E-state index contributed by atoms with van der Waals surface area (Å²) in [5.41, 5.74) is 7.93. The van der Waals surface area contributed by atoms with Crippen molar-refractivity contribution in [2.24, 2.45) is 12.8 Å².